The molecule has 0 saturated heterocycles. The Labute approximate surface area is 107 Å². The predicted octanol–water partition coefficient (Wildman–Crippen LogP) is 2.13. The number of nitrogens with zero attached hydrogens (tertiary/aromatic N) is 2. The number of ether oxygens (including phenoxy) is 1. The second-order valence-corrected chi connectivity index (χ2v) is 4.63. The second-order valence-electron chi connectivity index (χ2n) is 4.63. The molecular formula is C14H17N3O. The monoisotopic (exact) mass is 243 g/mol. The van der Waals surface area contributed by atoms with E-state index in [1.165, 1.54) is 12.8 Å². The van der Waals surface area contributed by atoms with E-state index >= 15 is 0 Å². The highest BCUT2D eigenvalue weighted by Crippen LogP contribution is 2.20. The first-order valence-electron chi connectivity index (χ1n) is 6.26. The summed E-state index contributed by atoms with van der Waals surface area (Å²) in [5.41, 5.74) is 2.14. The summed E-state index contributed by atoms with van der Waals surface area (Å²) in [6.45, 7) is 0.849. The highest BCUT2D eigenvalue weighted by Gasteiger charge is 2.20. The molecule has 1 N–H and O–H groups in total. The molecule has 4 heteroatoms. The average Bonchev–Trinajstić information content (AvgIpc) is 3.13. The molecule has 0 spiro atoms. The second kappa shape index (κ2) is 4.82. The standard InChI is InChI=1S/C14H17N3O/c1-18-14-4-2-3-13(7-14)17-9-12(16-10-17)8-15-11-5-6-11/h2-4,7,9-11,15H,5-6,8H2,1H3. The van der Waals surface area contributed by atoms with Gasteiger partial charge in [-0.25, -0.2) is 4.98 Å². The van der Waals surface area contributed by atoms with Crippen LogP contribution in [0, 0.1) is 0 Å². The van der Waals surface area contributed by atoms with Gasteiger partial charge >= 0.3 is 0 Å². The lowest BCUT2D eigenvalue weighted by molar-refractivity contribution is 0.414. The summed E-state index contributed by atoms with van der Waals surface area (Å²) in [7, 11) is 1.68. The number of rotatable bonds is 5. The van der Waals surface area contributed by atoms with Gasteiger partial charge in [-0.05, 0) is 25.0 Å². The van der Waals surface area contributed by atoms with Gasteiger partial charge in [-0.3, -0.25) is 0 Å². The summed E-state index contributed by atoms with van der Waals surface area (Å²) < 4.78 is 7.24. The van der Waals surface area contributed by atoms with Gasteiger partial charge in [0, 0.05) is 24.8 Å². The van der Waals surface area contributed by atoms with Crippen molar-refractivity contribution in [2.45, 2.75) is 25.4 Å². The Morgan fingerprint density at radius 2 is 2.33 bits per heavy atom. The predicted molar refractivity (Wildman–Crippen MR) is 70.0 cm³/mol. The van der Waals surface area contributed by atoms with Crippen LogP contribution in [-0.4, -0.2) is 22.7 Å². The third kappa shape index (κ3) is 2.54. The normalized spacial score (nSPS) is 14.7. The average molecular weight is 243 g/mol. The van der Waals surface area contributed by atoms with Crippen molar-refractivity contribution in [2.75, 3.05) is 7.11 Å². The lowest BCUT2D eigenvalue weighted by Crippen LogP contribution is -2.15. The highest BCUT2D eigenvalue weighted by molar-refractivity contribution is 5.39. The minimum Gasteiger partial charge on any atom is -0.497 e. The number of aromatic nitrogens is 2. The lowest BCUT2D eigenvalue weighted by Gasteiger charge is -2.04. The van der Waals surface area contributed by atoms with Crippen molar-refractivity contribution in [3.8, 4) is 11.4 Å². The largest absolute Gasteiger partial charge is 0.497 e. The van der Waals surface area contributed by atoms with Gasteiger partial charge in [0.25, 0.3) is 0 Å². The molecule has 0 radical (unpaired) electrons. The van der Waals surface area contributed by atoms with Crippen molar-refractivity contribution in [3.63, 3.8) is 0 Å². The smallest absolute Gasteiger partial charge is 0.120 e. The molecule has 1 aliphatic rings. The summed E-state index contributed by atoms with van der Waals surface area (Å²) in [4.78, 5) is 4.41. The third-order valence-corrected chi connectivity index (χ3v) is 3.14. The fourth-order valence-electron chi connectivity index (χ4n) is 1.90. The molecule has 4 nitrogen and oxygen atoms in total. The van der Waals surface area contributed by atoms with E-state index < -0.39 is 0 Å². The fourth-order valence-corrected chi connectivity index (χ4v) is 1.90. The van der Waals surface area contributed by atoms with Crippen LogP contribution in [0.3, 0.4) is 0 Å². The van der Waals surface area contributed by atoms with Crippen LogP contribution in [-0.2, 0) is 6.54 Å². The molecule has 3 rings (SSSR count). The number of hydrogen-bond acceptors (Lipinski definition) is 3. The topological polar surface area (TPSA) is 39.1 Å². The molecule has 0 unspecified atom stereocenters. The maximum atomic E-state index is 5.22. The summed E-state index contributed by atoms with van der Waals surface area (Å²) in [6.07, 6.45) is 6.51. The van der Waals surface area contributed by atoms with Gasteiger partial charge in [-0.2, -0.15) is 0 Å². The van der Waals surface area contributed by atoms with E-state index in [0.29, 0.717) is 6.04 Å². The van der Waals surface area contributed by atoms with E-state index in [1.54, 1.807) is 7.11 Å². The van der Waals surface area contributed by atoms with Crippen molar-refractivity contribution >= 4 is 0 Å². The van der Waals surface area contributed by atoms with Crippen molar-refractivity contribution in [1.82, 2.24) is 14.9 Å². The molecule has 18 heavy (non-hydrogen) atoms. The lowest BCUT2D eigenvalue weighted by atomic mass is 10.3. The van der Waals surface area contributed by atoms with Crippen molar-refractivity contribution in [2.24, 2.45) is 0 Å². The molecule has 94 valence electrons. The quantitative estimate of drug-likeness (QED) is 0.874. The third-order valence-electron chi connectivity index (χ3n) is 3.14. The van der Waals surface area contributed by atoms with E-state index in [0.717, 1.165) is 23.7 Å². The van der Waals surface area contributed by atoms with Crippen LogP contribution in [0.25, 0.3) is 5.69 Å². The van der Waals surface area contributed by atoms with E-state index in [4.69, 9.17) is 4.74 Å². The van der Waals surface area contributed by atoms with Crippen LogP contribution in [0.1, 0.15) is 18.5 Å². The molecule has 1 fully saturated rings. The van der Waals surface area contributed by atoms with Crippen LogP contribution in [0.2, 0.25) is 0 Å². The molecule has 0 aliphatic heterocycles. The van der Waals surface area contributed by atoms with Gasteiger partial charge in [-0.15, -0.1) is 0 Å². The minimum absolute atomic E-state index is 0.715. The summed E-state index contributed by atoms with van der Waals surface area (Å²) in [5.74, 6) is 0.860. The zero-order chi connectivity index (χ0) is 12.4. The Hall–Kier alpha value is -1.81. The number of imidazole rings is 1. The summed E-state index contributed by atoms with van der Waals surface area (Å²) >= 11 is 0. The van der Waals surface area contributed by atoms with Gasteiger partial charge in [0.1, 0.15) is 5.75 Å². The van der Waals surface area contributed by atoms with Crippen LogP contribution >= 0.6 is 0 Å². The van der Waals surface area contributed by atoms with Crippen molar-refractivity contribution in [1.29, 1.82) is 0 Å². The van der Waals surface area contributed by atoms with E-state index in [2.05, 4.69) is 16.5 Å². The molecule has 1 aliphatic carbocycles. The Balaban J connectivity index is 1.74. The fraction of sp³-hybridized carbons (Fsp3) is 0.357. The molecule has 1 saturated carbocycles. The van der Waals surface area contributed by atoms with E-state index in [1.807, 2.05) is 35.2 Å². The Morgan fingerprint density at radius 1 is 1.44 bits per heavy atom. The number of methoxy groups -OCH3 is 1. The van der Waals surface area contributed by atoms with Gasteiger partial charge in [0.2, 0.25) is 0 Å². The molecule has 2 aromatic rings. The first-order valence-corrected chi connectivity index (χ1v) is 6.26. The summed E-state index contributed by atoms with van der Waals surface area (Å²) in [5, 5.41) is 3.46. The van der Waals surface area contributed by atoms with Crippen molar-refractivity contribution < 1.29 is 4.74 Å². The van der Waals surface area contributed by atoms with Gasteiger partial charge in [0.05, 0.1) is 24.8 Å². The van der Waals surface area contributed by atoms with Gasteiger partial charge in [0.15, 0.2) is 0 Å². The number of nitrogens with one attached hydrogen (secondary N) is 1. The van der Waals surface area contributed by atoms with Crippen LogP contribution in [0.5, 0.6) is 5.75 Å². The van der Waals surface area contributed by atoms with Gasteiger partial charge in [-0.1, -0.05) is 6.07 Å². The molecule has 0 amide bonds. The Morgan fingerprint density at radius 3 is 3.11 bits per heavy atom. The molecule has 0 bridgehead atoms. The SMILES string of the molecule is COc1cccc(-n2cnc(CNC3CC3)c2)c1. The maximum Gasteiger partial charge on any atom is 0.120 e. The molecule has 1 aromatic carbocycles. The zero-order valence-corrected chi connectivity index (χ0v) is 10.5. The molecule has 0 atom stereocenters. The minimum atomic E-state index is 0.715. The molecular weight excluding hydrogens is 226 g/mol. The number of benzene rings is 1. The van der Waals surface area contributed by atoms with Crippen molar-refractivity contribution in [3.05, 3.63) is 42.5 Å². The highest BCUT2D eigenvalue weighted by atomic mass is 16.5. The molecule has 1 aromatic heterocycles. The Bertz CT molecular complexity index is 531. The summed E-state index contributed by atoms with van der Waals surface area (Å²) in [6, 6.07) is 8.68. The number of hydrogen-bond donors (Lipinski definition) is 1. The first-order chi connectivity index (χ1) is 8.85. The van der Waals surface area contributed by atoms with Gasteiger partial charge < -0.3 is 14.6 Å². The van der Waals surface area contributed by atoms with E-state index in [9.17, 15) is 0 Å². The first kappa shape index (κ1) is 11.3. The Kier molecular flexibility index (Phi) is 3.02. The van der Waals surface area contributed by atoms with E-state index in [-0.39, 0.29) is 0 Å². The van der Waals surface area contributed by atoms with Crippen LogP contribution < -0.4 is 10.1 Å². The maximum absolute atomic E-state index is 5.22. The molecule has 1 heterocycles. The van der Waals surface area contributed by atoms with Crippen LogP contribution in [0.15, 0.2) is 36.8 Å². The zero-order valence-electron chi connectivity index (χ0n) is 10.5. The van der Waals surface area contributed by atoms with Crippen LogP contribution in [0.4, 0.5) is 0 Å².